The molecule has 1 nitrogen and oxygen atoms in total. The monoisotopic (exact) mass is 372 g/mol. The molecule has 0 atom stereocenters. The van der Waals surface area contributed by atoms with Crippen molar-refractivity contribution in [1.29, 1.82) is 0 Å². The van der Waals surface area contributed by atoms with Gasteiger partial charge in [0.25, 0.3) is 0 Å². The molecule has 1 aromatic rings. The second-order valence-corrected chi connectivity index (χ2v) is 12.1. The Kier molecular flexibility index (Phi) is 16.0. The molecule has 0 saturated carbocycles. The first-order valence-corrected chi connectivity index (χ1v) is 14.3. The van der Waals surface area contributed by atoms with Crippen LogP contribution in [0.3, 0.4) is 0 Å². The fourth-order valence-electron chi connectivity index (χ4n) is 3.32. The molecule has 132 valence electrons. The van der Waals surface area contributed by atoms with Crippen molar-refractivity contribution in [2.24, 2.45) is 0 Å². The number of benzene rings is 1. The van der Waals surface area contributed by atoms with Gasteiger partial charge in [-0.1, -0.05) is 0 Å². The summed E-state index contributed by atoms with van der Waals surface area (Å²) in [5.74, 6) is 0. The van der Waals surface area contributed by atoms with Crippen LogP contribution in [0.1, 0.15) is 64.9 Å². The molecule has 0 aliphatic rings. The van der Waals surface area contributed by atoms with Crippen LogP contribution in [0.5, 0.6) is 0 Å². The van der Waals surface area contributed by atoms with E-state index < -0.39 is 21.5 Å². The van der Waals surface area contributed by atoms with E-state index in [-0.39, 0.29) is 0 Å². The van der Waals surface area contributed by atoms with Crippen LogP contribution in [0, 0.1) is 0 Å². The van der Waals surface area contributed by atoms with Crippen LogP contribution in [0.2, 0.25) is 0 Å². The zero-order chi connectivity index (χ0) is 17.4. The van der Waals surface area contributed by atoms with Crippen molar-refractivity contribution >= 4 is 31.5 Å². The Morgan fingerprint density at radius 2 is 1.26 bits per heavy atom. The van der Waals surface area contributed by atoms with Crippen LogP contribution in [0.4, 0.5) is 0 Å². The third-order valence-corrected chi connectivity index (χ3v) is 10.0. The molecule has 23 heavy (non-hydrogen) atoms. The number of halogens is 1. The predicted molar refractivity (Wildman–Crippen MR) is 110 cm³/mol. The van der Waals surface area contributed by atoms with Crippen molar-refractivity contribution in [3.05, 3.63) is 35.9 Å². The fraction of sp³-hybridized carbons (Fsp3) is 0.684. The second kappa shape index (κ2) is 15.8. The Hall–Kier alpha value is 0.272. The molecule has 0 N–H and O–H groups in total. The third-order valence-electron chi connectivity index (χ3n) is 4.60. The van der Waals surface area contributed by atoms with E-state index in [1.807, 2.05) is 0 Å². The van der Waals surface area contributed by atoms with Gasteiger partial charge in [-0.2, -0.15) is 0 Å². The van der Waals surface area contributed by atoms with Crippen molar-refractivity contribution in [3.8, 4) is 0 Å². The van der Waals surface area contributed by atoms with Gasteiger partial charge in [-0.05, 0) is 0 Å². The number of unbranched alkanes of at least 4 members (excludes halogenated alkanes) is 3. The van der Waals surface area contributed by atoms with Gasteiger partial charge in [0.15, 0.2) is 0 Å². The Morgan fingerprint density at radius 3 is 1.61 bits per heavy atom. The molecule has 0 aromatic heterocycles. The summed E-state index contributed by atoms with van der Waals surface area (Å²) in [5, 5.41) is 0. The van der Waals surface area contributed by atoms with Crippen LogP contribution in [-0.4, -0.2) is 32.7 Å². The van der Waals surface area contributed by atoms with Crippen molar-refractivity contribution in [3.63, 3.8) is 0 Å². The normalized spacial score (nSPS) is 11.3. The number of hydrogen-bond acceptors (Lipinski definition) is 1. The van der Waals surface area contributed by atoms with E-state index >= 15 is 0 Å². The van der Waals surface area contributed by atoms with E-state index in [9.17, 15) is 0 Å². The molecule has 1 aromatic carbocycles. The average molecular weight is 373 g/mol. The molecule has 0 fully saturated rings. The molecule has 0 heterocycles. The van der Waals surface area contributed by atoms with Crippen LogP contribution in [-0.2, 0) is 9.97 Å². The predicted octanol–water partition coefficient (Wildman–Crippen LogP) is 6.53. The van der Waals surface area contributed by atoms with Crippen LogP contribution < -0.4 is 0 Å². The zero-order valence-electron chi connectivity index (χ0n) is 15.3. The summed E-state index contributed by atoms with van der Waals surface area (Å²) in [7, 11) is 3.43. The Morgan fingerprint density at radius 1 is 0.870 bits per heavy atom. The van der Waals surface area contributed by atoms with E-state index in [1.165, 1.54) is 44.7 Å². The summed E-state index contributed by atoms with van der Waals surface area (Å²) in [6, 6.07) is 11.3. The van der Waals surface area contributed by atoms with E-state index in [0.29, 0.717) is 0 Å². The first kappa shape index (κ1) is 23.3. The van der Waals surface area contributed by atoms with Gasteiger partial charge in [0, 0.05) is 0 Å². The molecule has 1 rings (SSSR count). The summed E-state index contributed by atoms with van der Waals surface area (Å²) in [5.41, 5.74) is 1.60. The summed E-state index contributed by atoms with van der Waals surface area (Å²) < 4.78 is 8.78. The molecule has 4 heteroatoms. The summed E-state index contributed by atoms with van der Waals surface area (Å²) in [4.78, 5) is 0. The summed E-state index contributed by atoms with van der Waals surface area (Å²) in [6.45, 7) is 7.05. The molecule has 0 saturated heterocycles. The molecule has 0 amide bonds. The van der Waals surface area contributed by atoms with Gasteiger partial charge in [-0.15, -0.1) is 0 Å². The van der Waals surface area contributed by atoms with E-state index in [0.717, 1.165) is 0 Å². The first-order chi connectivity index (χ1) is 11.2. The van der Waals surface area contributed by atoms with Gasteiger partial charge in [0.2, 0.25) is 0 Å². The van der Waals surface area contributed by atoms with Gasteiger partial charge in [0.1, 0.15) is 0 Å². The van der Waals surface area contributed by atoms with E-state index in [4.69, 9.17) is 3.80 Å². The molecule has 0 spiro atoms. The molecular formula is C19H35AlClOP. The molecule has 0 bridgehead atoms. The van der Waals surface area contributed by atoms with Gasteiger partial charge in [0.05, 0.1) is 0 Å². The molecule has 0 aliphatic carbocycles. The molecule has 0 unspecified atom stereocenters. The van der Waals surface area contributed by atoms with Gasteiger partial charge in [-0.25, -0.2) is 0 Å². The van der Waals surface area contributed by atoms with E-state index in [2.05, 4.69) is 61.2 Å². The quantitative estimate of drug-likeness (QED) is 0.319. The summed E-state index contributed by atoms with van der Waals surface area (Å²) >= 11 is -1.03. The van der Waals surface area contributed by atoms with Gasteiger partial charge in [-0.3, -0.25) is 0 Å². The standard InChI is InChI=1S/C19H35P.Al.ClH.O/c1-4-7-15-20(16-8-5-2,17-9-6-3)18-19-13-11-10-12-14-19;;;/h10-14,20H,4-9,15-18H2,1-3H3;;1H;/q;+1;;/p-1. The SMILES string of the molecule is CCCC[PH](CCCC)(CCCC)Cc1ccccc1.[O]=[Al][Cl]. The topological polar surface area (TPSA) is 17.1 Å². The van der Waals surface area contributed by atoms with Crippen molar-refractivity contribution in [1.82, 2.24) is 0 Å². The summed E-state index contributed by atoms with van der Waals surface area (Å²) in [6.07, 6.45) is 14.5. The van der Waals surface area contributed by atoms with Gasteiger partial charge >= 0.3 is 155 Å². The molecule has 0 aliphatic heterocycles. The zero-order valence-corrected chi connectivity index (χ0v) is 18.2. The fourth-order valence-corrected chi connectivity index (χ4v) is 9.02. The minimum atomic E-state index is -1.10. The molecule has 0 radical (unpaired) electrons. The second-order valence-electron chi connectivity index (χ2n) is 6.56. The van der Waals surface area contributed by atoms with E-state index in [1.54, 1.807) is 24.0 Å². The van der Waals surface area contributed by atoms with Crippen molar-refractivity contribution in [2.75, 3.05) is 18.5 Å². The van der Waals surface area contributed by atoms with Gasteiger partial charge < -0.3 is 0 Å². The maximum atomic E-state index is 8.78. The Bertz CT molecular complexity index is 364. The maximum absolute atomic E-state index is 8.78. The van der Waals surface area contributed by atoms with Crippen molar-refractivity contribution < 1.29 is 3.80 Å². The Labute approximate surface area is 155 Å². The van der Waals surface area contributed by atoms with Crippen LogP contribution >= 0.6 is 17.3 Å². The van der Waals surface area contributed by atoms with Crippen LogP contribution in [0.25, 0.3) is 0 Å². The first-order valence-electron chi connectivity index (χ1n) is 9.25. The third kappa shape index (κ3) is 11.5. The number of hydrogen-bond donors (Lipinski definition) is 0. The number of rotatable bonds is 11. The Balaban J connectivity index is 0.00000149. The van der Waals surface area contributed by atoms with Crippen molar-refractivity contribution in [2.45, 2.75) is 65.5 Å². The van der Waals surface area contributed by atoms with Crippen LogP contribution in [0.15, 0.2) is 30.3 Å². The molecular weight excluding hydrogens is 338 g/mol. The average Bonchev–Trinajstić information content (AvgIpc) is 2.58. The minimum absolute atomic E-state index is 1.03.